The van der Waals surface area contributed by atoms with E-state index in [0.717, 1.165) is 42.9 Å². The fourth-order valence-electron chi connectivity index (χ4n) is 8.92. The number of unbranched alkanes of at least 4 members (excludes halogenated alkanes) is 7. The van der Waals surface area contributed by atoms with Crippen LogP contribution in [0, 0.1) is 47.1 Å². The molecule has 0 N–H and O–H groups in total. The van der Waals surface area contributed by atoms with E-state index in [-0.39, 0.29) is 5.75 Å². The lowest BCUT2D eigenvalue weighted by molar-refractivity contribution is 0.140. The van der Waals surface area contributed by atoms with E-state index in [0.29, 0.717) is 30.4 Å². The second-order valence-electron chi connectivity index (χ2n) is 15.2. The van der Waals surface area contributed by atoms with E-state index in [1.165, 1.54) is 135 Å². The predicted molar refractivity (Wildman–Crippen MR) is 179 cm³/mol. The van der Waals surface area contributed by atoms with Gasteiger partial charge < -0.3 is 4.74 Å². The van der Waals surface area contributed by atoms with Crippen LogP contribution >= 0.6 is 0 Å². The molecule has 1 nitrogen and oxygen atoms in total. The summed E-state index contributed by atoms with van der Waals surface area (Å²) in [5.74, 6) is 3.49. The summed E-state index contributed by atoms with van der Waals surface area (Å²) in [5.41, 5.74) is 0.531. The summed E-state index contributed by atoms with van der Waals surface area (Å²) in [6, 6.07) is 3.47. The minimum Gasteiger partial charge on any atom is -0.490 e. The Balaban J connectivity index is 1.10. The van der Waals surface area contributed by atoms with Crippen molar-refractivity contribution in [2.24, 2.45) is 35.5 Å². The van der Waals surface area contributed by atoms with Gasteiger partial charge in [-0.05, 0) is 98.5 Å². The molecule has 0 bridgehead atoms. The van der Waals surface area contributed by atoms with E-state index in [9.17, 15) is 4.39 Å². The lowest BCUT2D eigenvalue weighted by Crippen LogP contribution is -2.26. The highest BCUT2D eigenvalue weighted by Crippen LogP contribution is 2.43. The van der Waals surface area contributed by atoms with Gasteiger partial charge in [-0.1, -0.05) is 129 Å². The molecule has 0 unspecified atom stereocenters. The number of hydrogen-bond acceptors (Lipinski definition) is 1. The maximum Gasteiger partial charge on any atom is 0.200 e. The van der Waals surface area contributed by atoms with Crippen LogP contribution in [0.25, 0.3) is 0 Å². The fraction of sp³-hybridized carbons (Fsp3) is 0.850. The number of hydrogen-bond donors (Lipinski definition) is 0. The molecule has 246 valence electrons. The van der Waals surface area contributed by atoms with Gasteiger partial charge in [-0.2, -0.15) is 4.39 Å². The zero-order valence-corrected chi connectivity index (χ0v) is 28.2. The first kappa shape index (κ1) is 34.7. The van der Waals surface area contributed by atoms with Crippen molar-refractivity contribution in [3.63, 3.8) is 0 Å². The SMILES string of the molecule is CCCCCCCC1CCC(C2CCC(CCc3ccc(OCC4CCC(CCCCCC)CC4)c(F)c3F)CC2)CC1. The lowest BCUT2D eigenvalue weighted by atomic mass is 9.68. The van der Waals surface area contributed by atoms with Crippen molar-refractivity contribution >= 4 is 0 Å². The van der Waals surface area contributed by atoms with E-state index < -0.39 is 11.6 Å². The molecule has 0 saturated heterocycles. The maximum absolute atomic E-state index is 15.0. The molecule has 3 heteroatoms. The third-order valence-electron chi connectivity index (χ3n) is 12.0. The van der Waals surface area contributed by atoms with Crippen molar-refractivity contribution in [1.29, 1.82) is 0 Å². The quantitative estimate of drug-likeness (QED) is 0.152. The average Bonchev–Trinajstić information content (AvgIpc) is 3.04. The van der Waals surface area contributed by atoms with E-state index in [1.54, 1.807) is 12.1 Å². The Morgan fingerprint density at radius 3 is 1.56 bits per heavy atom. The highest BCUT2D eigenvalue weighted by atomic mass is 19.2. The molecule has 1 aromatic carbocycles. The minimum atomic E-state index is -0.776. The molecule has 4 rings (SSSR count). The Bertz CT molecular complexity index is 875. The van der Waals surface area contributed by atoms with Crippen LogP contribution in [0.15, 0.2) is 12.1 Å². The summed E-state index contributed by atoms with van der Waals surface area (Å²) in [4.78, 5) is 0. The summed E-state index contributed by atoms with van der Waals surface area (Å²) in [6.07, 6.45) is 32.8. The van der Waals surface area contributed by atoms with Crippen LogP contribution in [0.3, 0.4) is 0 Å². The smallest absolute Gasteiger partial charge is 0.200 e. The van der Waals surface area contributed by atoms with Gasteiger partial charge in [0, 0.05) is 0 Å². The number of halogens is 2. The summed E-state index contributed by atoms with van der Waals surface area (Å²) >= 11 is 0. The van der Waals surface area contributed by atoms with Crippen LogP contribution in [-0.2, 0) is 6.42 Å². The highest BCUT2D eigenvalue weighted by molar-refractivity contribution is 5.31. The molecule has 3 aliphatic rings. The van der Waals surface area contributed by atoms with E-state index in [1.807, 2.05) is 0 Å². The second kappa shape index (κ2) is 19.4. The third-order valence-corrected chi connectivity index (χ3v) is 12.0. The summed E-state index contributed by atoms with van der Waals surface area (Å²) in [5, 5.41) is 0. The van der Waals surface area contributed by atoms with Crippen LogP contribution in [0.4, 0.5) is 8.78 Å². The van der Waals surface area contributed by atoms with Gasteiger partial charge in [0.25, 0.3) is 0 Å². The first-order valence-electron chi connectivity index (χ1n) is 19.2. The normalized spacial score (nSPS) is 28.2. The van der Waals surface area contributed by atoms with Crippen LogP contribution < -0.4 is 4.74 Å². The number of ether oxygens (including phenoxy) is 1. The van der Waals surface area contributed by atoms with Crippen LogP contribution in [0.5, 0.6) is 5.75 Å². The van der Waals surface area contributed by atoms with Crippen molar-refractivity contribution in [2.75, 3.05) is 6.61 Å². The molecule has 0 aliphatic heterocycles. The standard InChI is InChI=1S/C40H66F2O/c1-3-5-7-9-11-13-32-18-23-35(24-19-32)36-25-20-33(21-26-36)22-27-37-28-29-38(40(42)39(37)41)43-30-34-16-14-31(15-17-34)12-10-8-6-4-2/h28-29,31-36H,3-27,30H2,1-2H3. The van der Waals surface area contributed by atoms with Crippen molar-refractivity contribution < 1.29 is 13.5 Å². The molecule has 0 atom stereocenters. The van der Waals surface area contributed by atoms with Gasteiger partial charge in [0.2, 0.25) is 5.82 Å². The Morgan fingerprint density at radius 1 is 0.535 bits per heavy atom. The Morgan fingerprint density at radius 2 is 1.00 bits per heavy atom. The van der Waals surface area contributed by atoms with Gasteiger partial charge in [-0.25, -0.2) is 4.39 Å². The molecule has 0 radical (unpaired) electrons. The molecule has 0 aromatic heterocycles. The van der Waals surface area contributed by atoms with Gasteiger partial charge in [0.1, 0.15) is 0 Å². The molecule has 43 heavy (non-hydrogen) atoms. The van der Waals surface area contributed by atoms with Gasteiger partial charge in [0.15, 0.2) is 11.6 Å². The fourth-order valence-corrected chi connectivity index (χ4v) is 8.92. The Kier molecular flexibility index (Phi) is 15.7. The number of rotatable bonds is 18. The molecule has 3 fully saturated rings. The summed E-state index contributed by atoms with van der Waals surface area (Å²) in [7, 11) is 0. The van der Waals surface area contributed by atoms with Crippen LogP contribution in [-0.4, -0.2) is 6.61 Å². The molecular weight excluding hydrogens is 534 g/mol. The molecule has 3 saturated carbocycles. The van der Waals surface area contributed by atoms with E-state index >= 15 is 4.39 Å². The van der Waals surface area contributed by atoms with Gasteiger partial charge in [0.05, 0.1) is 6.61 Å². The van der Waals surface area contributed by atoms with Crippen molar-refractivity contribution in [3.8, 4) is 5.75 Å². The molecule has 3 aliphatic carbocycles. The maximum atomic E-state index is 15.0. The lowest BCUT2D eigenvalue weighted by Gasteiger charge is -2.38. The minimum absolute atomic E-state index is 0.106. The van der Waals surface area contributed by atoms with Crippen LogP contribution in [0.2, 0.25) is 0 Å². The van der Waals surface area contributed by atoms with Crippen molar-refractivity contribution in [2.45, 2.75) is 174 Å². The van der Waals surface area contributed by atoms with Crippen molar-refractivity contribution in [3.05, 3.63) is 29.3 Å². The Labute approximate surface area is 264 Å². The summed E-state index contributed by atoms with van der Waals surface area (Å²) in [6.45, 7) is 5.08. The molecular formula is C40H66F2O. The zero-order chi connectivity index (χ0) is 30.3. The Hall–Kier alpha value is -1.12. The molecule has 1 aromatic rings. The predicted octanol–water partition coefficient (Wildman–Crippen LogP) is 13.0. The monoisotopic (exact) mass is 601 g/mol. The topological polar surface area (TPSA) is 9.23 Å². The van der Waals surface area contributed by atoms with Gasteiger partial charge in [-0.15, -0.1) is 0 Å². The number of benzene rings is 1. The first-order chi connectivity index (χ1) is 21.1. The van der Waals surface area contributed by atoms with Gasteiger partial charge >= 0.3 is 0 Å². The van der Waals surface area contributed by atoms with Crippen LogP contribution in [0.1, 0.15) is 174 Å². The zero-order valence-electron chi connectivity index (χ0n) is 28.2. The van der Waals surface area contributed by atoms with E-state index in [4.69, 9.17) is 4.74 Å². The largest absolute Gasteiger partial charge is 0.490 e. The second-order valence-corrected chi connectivity index (χ2v) is 15.2. The highest BCUT2D eigenvalue weighted by Gasteiger charge is 2.31. The van der Waals surface area contributed by atoms with E-state index in [2.05, 4.69) is 13.8 Å². The average molecular weight is 601 g/mol. The third kappa shape index (κ3) is 11.6. The number of aryl methyl sites for hydroxylation is 1. The summed E-state index contributed by atoms with van der Waals surface area (Å²) < 4.78 is 35.8. The van der Waals surface area contributed by atoms with Gasteiger partial charge in [-0.3, -0.25) is 0 Å². The first-order valence-corrected chi connectivity index (χ1v) is 19.2. The molecule has 0 spiro atoms. The molecule has 0 amide bonds. The molecule has 0 heterocycles. The van der Waals surface area contributed by atoms with Crippen molar-refractivity contribution in [1.82, 2.24) is 0 Å².